The van der Waals surface area contributed by atoms with Crippen LogP contribution in [0, 0.1) is 5.92 Å². The molecule has 2 aromatic carbocycles. The molecular weight excluding hydrogens is 446 g/mol. The predicted octanol–water partition coefficient (Wildman–Crippen LogP) is 7.94. The maximum Gasteiger partial charge on any atom is 0.317 e. The number of carbonyl (C=O) groups is 1. The predicted molar refractivity (Wildman–Crippen MR) is 150 cm³/mol. The summed E-state index contributed by atoms with van der Waals surface area (Å²) in [6, 6.07) is 18.7. The first-order valence-electron chi connectivity index (χ1n) is 14.1. The first-order valence-corrected chi connectivity index (χ1v) is 14.1. The molecule has 0 fully saturated rings. The van der Waals surface area contributed by atoms with Crippen LogP contribution in [0.2, 0.25) is 0 Å². The van der Waals surface area contributed by atoms with Gasteiger partial charge in [-0.3, -0.25) is 4.79 Å². The molecule has 0 saturated heterocycles. The molecule has 0 aromatic heterocycles. The number of unbranched alkanes of at least 4 members (excludes halogenated alkanes) is 7. The molecule has 2 atom stereocenters. The summed E-state index contributed by atoms with van der Waals surface area (Å²) in [6.07, 6.45) is 11.7. The molecule has 200 valence electrons. The van der Waals surface area contributed by atoms with Gasteiger partial charge in [-0.2, -0.15) is 0 Å². The van der Waals surface area contributed by atoms with E-state index in [2.05, 4.69) is 57.4 Å². The molecule has 4 heteroatoms. The summed E-state index contributed by atoms with van der Waals surface area (Å²) in [5, 5.41) is 0. The van der Waals surface area contributed by atoms with E-state index in [1.165, 1.54) is 62.5 Å². The van der Waals surface area contributed by atoms with Gasteiger partial charge in [0.1, 0.15) is 18.2 Å². The van der Waals surface area contributed by atoms with Gasteiger partial charge in [0, 0.05) is 12.0 Å². The van der Waals surface area contributed by atoms with Crippen molar-refractivity contribution in [3.8, 4) is 5.75 Å². The number of esters is 1. The second kappa shape index (κ2) is 16.4. The first kappa shape index (κ1) is 29.9. The topological polar surface area (TPSA) is 35.5 Å². The number of rotatable bonds is 18. The average molecular weight is 497 g/mol. The Morgan fingerprint density at radius 3 is 2.14 bits per heavy atom. The molecule has 0 radical (unpaired) electrons. The number of hydrogen-bond donors (Lipinski definition) is 0. The highest BCUT2D eigenvalue weighted by molar-refractivity contribution is 5.72. The molecule has 0 heterocycles. The number of benzene rings is 2. The van der Waals surface area contributed by atoms with E-state index in [1.54, 1.807) is 0 Å². The maximum atomic E-state index is 12.9. The third-order valence-corrected chi connectivity index (χ3v) is 6.69. The first-order chi connectivity index (χ1) is 17.3. The molecule has 4 nitrogen and oxygen atoms in total. The molecule has 0 amide bonds. The van der Waals surface area contributed by atoms with Gasteiger partial charge in [-0.25, -0.2) is 0 Å². The Kier molecular flexibility index (Phi) is 13.6. The van der Waals surface area contributed by atoms with Gasteiger partial charge in [-0.15, -0.1) is 0 Å². The van der Waals surface area contributed by atoms with Crippen LogP contribution < -0.4 is 4.74 Å². The SMILES string of the molecule is CCCCCCCCCCc1cccc(OC(CC)OC(=O)C(C)C[N+](C)(C)Cc2ccccc2)c1. The number of ether oxygens (including phenoxy) is 2. The van der Waals surface area contributed by atoms with E-state index in [-0.39, 0.29) is 11.9 Å². The van der Waals surface area contributed by atoms with Crippen molar-refractivity contribution in [2.75, 3.05) is 20.6 Å². The monoisotopic (exact) mass is 496 g/mol. The Hall–Kier alpha value is -2.33. The van der Waals surface area contributed by atoms with Crippen LogP contribution in [0.25, 0.3) is 0 Å². The molecule has 0 aliphatic rings. The molecule has 0 bridgehead atoms. The van der Waals surface area contributed by atoms with Gasteiger partial charge in [0.05, 0.1) is 20.6 Å². The van der Waals surface area contributed by atoms with Crippen molar-refractivity contribution in [2.24, 2.45) is 5.92 Å². The Morgan fingerprint density at radius 1 is 0.833 bits per heavy atom. The fourth-order valence-corrected chi connectivity index (χ4v) is 4.78. The lowest BCUT2D eigenvalue weighted by Gasteiger charge is -2.32. The van der Waals surface area contributed by atoms with E-state index in [0.717, 1.165) is 23.2 Å². The van der Waals surface area contributed by atoms with E-state index >= 15 is 0 Å². The van der Waals surface area contributed by atoms with Crippen molar-refractivity contribution in [1.82, 2.24) is 0 Å². The summed E-state index contributed by atoms with van der Waals surface area (Å²) in [5.74, 6) is 0.366. The van der Waals surface area contributed by atoms with Crippen molar-refractivity contribution in [3.63, 3.8) is 0 Å². The number of quaternary nitrogens is 1. The van der Waals surface area contributed by atoms with Gasteiger partial charge < -0.3 is 14.0 Å². The van der Waals surface area contributed by atoms with E-state index in [0.29, 0.717) is 13.0 Å². The lowest BCUT2D eigenvalue weighted by atomic mass is 10.0. The van der Waals surface area contributed by atoms with Crippen LogP contribution in [0.4, 0.5) is 0 Å². The van der Waals surface area contributed by atoms with Crippen LogP contribution >= 0.6 is 0 Å². The van der Waals surface area contributed by atoms with Gasteiger partial charge in [0.25, 0.3) is 0 Å². The van der Waals surface area contributed by atoms with E-state index in [9.17, 15) is 4.79 Å². The molecule has 0 aliphatic carbocycles. The Balaban J connectivity index is 1.78. The lowest BCUT2D eigenvalue weighted by molar-refractivity contribution is -0.905. The molecule has 2 rings (SSSR count). The quantitative estimate of drug-likeness (QED) is 0.0909. The number of aryl methyl sites for hydroxylation is 1. The fraction of sp³-hybridized carbons (Fsp3) is 0.594. The van der Waals surface area contributed by atoms with Crippen molar-refractivity contribution >= 4 is 5.97 Å². The Labute approximate surface area is 220 Å². The van der Waals surface area contributed by atoms with Gasteiger partial charge >= 0.3 is 5.97 Å². The van der Waals surface area contributed by atoms with Crippen molar-refractivity contribution in [3.05, 3.63) is 65.7 Å². The van der Waals surface area contributed by atoms with Gasteiger partial charge in [-0.05, 0) is 37.5 Å². The minimum Gasteiger partial charge on any atom is -0.455 e. The van der Waals surface area contributed by atoms with E-state index < -0.39 is 6.29 Å². The summed E-state index contributed by atoms with van der Waals surface area (Å²) < 4.78 is 12.6. The molecule has 0 aliphatic heterocycles. The number of carbonyl (C=O) groups excluding carboxylic acids is 1. The smallest absolute Gasteiger partial charge is 0.317 e. The maximum absolute atomic E-state index is 12.9. The van der Waals surface area contributed by atoms with Crippen LogP contribution in [0.1, 0.15) is 89.7 Å². The molecule has 2 unspecified atom stereocenters. The lowest BCUT2D eigenvalue weighted by Crippen LogP contribution is -2.44. The summed E-state index contributed by atoms with van der Waals surface area (Å²) in [4.78, 5) is 12.9. The fourth-order valence-electron chi connectivity index (χ4n) is 4.78. The van der Waals surface area contributed by atoms with Crippen LogP contribution in [0.5, 0.6) is 5.75 Å². The minimum absolute atomic E-state index is 0.198. The van der Waals surface area contributed by atoms with Crippen LogP contribution in [-0.4, -0.2) is 37.4 Å². The third kappa shape index (κ3) is 12.1. The molecular formula is C32H50NO3+. The molecule has 2 aromatic rings. The summed E-state index contributed by atoms with van der Waals surface area (Å²) in [6.45, 7) is 7.78. The second-order valence-electron chi connectivity index (χ2n) is 10.9. The minimum atomic E-state index is -0.567. The van der Waals surface area contributed by atoms with Crippen LogP contribution in [0.15, 0.2) is 54.6 Å². The zero-order valence-electron chi connectivity index (χ0n) is 23.5. The van der Waals surface area contributed by atoms with Crippen molar-refractivity contribution < 1.29 is 18.8 Å². The number of nitrogens with zero attached hydrogens (tertiary/aromatic N) is 1. The standard InChI is InChI=1S/C32H50NO3/c1-6-8-9-10-11-12-13-15-19-28-22-18-23-30(24-28)35-31(7-2)36-32(34)27(3)25-33(4,5)26-29-20-16-14-17-21-29/h14,16-18,20-24,27,31H,6-13,15,19,25-26H2,1-5H3/q+1. The van der Waals surface area contributed by atoms with Gasteiger partial charge in [-0.1, -0.05) is 101 Å². The van der Waals surface area contributed by atoms with Crippen molar-refractivity contribution in [1.29, 1.82) is 0 Å². The van der Waals surface area contributed by atoms with E-state index in [4.69, 9.17) is 9.47 Å². The second-order valence-corrected chi connectivity index (χ2v) is 10.9. The summed E-state index contributed by atoms with van der Waals surface area (Å²) >= 11 is 0. The zero-order valence-corrected chi connectivity index (χ0v) is 23.5. The highest BCUT2D eigenvalue weighted by atomic mass is 16.7. The van der Waals surface area contributed by atoms with Gasteiger partial charge in [0.2, 0.25) is 6.29 Å². The van der Waals surface area contributed by atoms with Crippen LogP contribution in [-0.2, 0) is 22.5 Å². The van der Waals surface area contributed by atoms with Gasteiger partial charge in [0.15, 0.2) is 0 Å². The number of hydrogen-bond acceptors (Lipinski definition) is 3. The summed E-state index contributed by atoms with van der Waals surface area (Å²) in [7, 11) is 4.31. The molecule has 0 spiro atoms. The molecule has 36 heavy (non-hydrogen) atoms. The third-order valence-electron chi connectivity index (χ3n) is 6.69. The Morgan fingerprint density at radius 2 is 1.47 bits per heavy atom. The van der Waals surface area contributed by atoms with Crippen LogP contribution in [0.3, 0.4) is 0 Å². The highest BCUT2D eigenvalue weighted by Crippen LogP contribution is 2.20. The summed E-state index contributed by atoms with van der Waals surface area (Å²) in [5.41, 5.74) is 2.55. The molecule has 0 saturated carbocycles. The van der Waals surface area contributed by atoms with E-state index in [1.807, 2.05) is 32.0 Å². The normalized spacial score (nSPS) is 13.2. The average Bonchev–Trinajstić information content (AvgIpc) is 2.85. The highest BCUT2D eigenvalue weighted by Gasteiger charge is 2.27. The van der Waals surface area contributed by atoms with Crippen molar-refractivity contribution in [2.45, 2.75) is 97.8 Å². The largest absolute Gasteiger partial charge is 0.455 e. The molecule has 0 N–H and O–H groups in total. The Bertz CT molecular complexity index is 865. The zero-order chi connectivity index (χ0) is 26.2.